The van der Waals surface area contributed by atoms with Crippen molar-refractivity contribution in [3.05, 3.63) is 35.2 Å². The number of anilines is 1. The Kier molecular flexibility index (Phi) is 3.93. The largest absolute Gasteiger partial charge is 0.505 e. The van der Waals surface area contributed by atoms with Gasteiger partial charge in [-0.05, 0) is 48.4 Å². The summed E-state index contributed by atoms with van der Waals surface area (Å²) in [5.41, 5.74) is 0.640. The zero-order valence-corrected chi connectivity index (χ0v) is 13.6. The summed E-state index contributed by atoms with van der Waals surface area (Å²) in [6.45, 7) is 1.10. The summed E-state index contributed by atoms with van der Waals surface area (Å²) in [6.07, 6.45) is 2.14. The Labute approximate surface area is 143 Å². The Morgan fingerprint density at radius 2 is 1.88 bits per heavy atom. The first kappa shape index (κ1) is 15.1. The van der Waals surface area contributed by atoms with Crippen LogP contribution in [-0.2, 0) is 0 Å². The second-order valence-electron chi connectivity index (χ2n) is 5.76. The lowest BCUT2D eigenvalue weighted by Crippen LogP contribution is -2.15. The van der Waals surface area contributed by atoms with Crippen LogP contribution in [0.3, 0.4) is 0 Å². The standard InChI is InChI=1S/C17H16N2O4S/c20-14-8-12(7-13(17(14)19-21)18-10-1-2-10)24-11-3-4-15-16(9-11)23-6-5-22-15/h3-4,7-10,18,20H,1-2,5-6H2. The van der Waals surface area contributed by atoms with Gasteiger partial charge in [-0.25, -0.2) is 0 Å². The zero-order chi connectivity index (χ0) is 16.5. The smallest absolute Gasteiger partial charge is 0.172 e. The number of nitrogens with one attached hydrogen (secondary N) is 1. The molecular formula is C17H16N2O4S. The third-order valence-corrected chi connectivity index (χ3v) is 4.80. The van der Waals surface area contributed by atoms with Crippen LogP contribution in [-0.4, -0.2) is 24.4 Å². The van der Waals surface area contributed by atoms with E-state index in [0.717, 1.165) is 34.1 Å². The molecule has 124 valence electrons. The maximum absolute atomic E-state index is 11.0. The molecule has 24 heavy (non-hydrogen) atoms. The number of rotatable bonds is 5. The van der Waals surface area contributed by atoms with Crippen LogP contribution in [0.5, 0.6) is 17.2 Å². The van der Waals surface area contributed by atoms with E-state index in [-0.39, 0.29) is 11.4 Å². The summed E-state index contributed by atoms with van der Waals surface area (Å²) in [6, 6.07) is 9.48. The van der Waals surface area contributed by atoms with Crippen molar-refractivity contribution in [1.29, 1.82) is 0 Å². The Balaban J connectivity index is 1.61. The van der Waals surface area contributed by atoms with Crippen LogP contribution < -0.4 is 14.8 Å². The molecule has 0 amide bonds. The van der Waals surface area contributed by atoms with Crippen molar-refractivity contribution < 1.29 is 14.6 Å². The Bertz CT molecular complexity index is 792. The number of ether oxygens (including phenoxy) is 2. The normalized spacial score (nSPS) is 15.8. The second kappa shape index (κ2) is 6.24. The molecule has 1 aliphatic heterocycles. The minimum absolute atomic E-state index is 0.0634. The van der Waals surface area contributed by atoms with Crippen LogP contribution in [0.15, 0.2) is 45.3 Å². The topological polar surface area (TPSA) is 80.2 Å². The Morgan fingerprint density at radius 1 is 1.08 bits per heavy atom. The van der Waals surface area contributed by atoms with Gasteiger partial charge in [0.1, 0.15) is 19.0 Å². The van der Waals surface area contributed by atoms with Crippen molar-refractivity contribution in [3.8, 4) is 17.2 Å². The molecule has 6 nitrogen and oxygen atoms in total. The van der Waals surface area contributed by atoms with Crippen molar-refractivity contribution in [1.82, 2.24) is 0 Å². The van der Waals surface area contributed by atoms with Gasteiger partial charge in [0.05, 0.1) is 5.69 Å². The van der Waals surface area contributed by atoms with Crippen molar-refractivity contribution in [3.63, 3.8) is 0 Å². The summed E-state index contributed by atoms with van der Waals surface area (Å²) in [4.78, 5) is 12.8. The molecule has 1 fully saturated rings. The Hall–Kier alpha value is -2.41. The number of phenolic OH excluding ortho intramolecular Hbond substituents is 1. The molecule has 0 atom stereocenters. The molecule has 0 radical (unpaired) electrons. The van der Waals surface area contributed by atoms with Crippen LogP contribution in [0, 0.1) is 4.91 Å². The first-order chi connectivity index (χ1) is 11.7. The molecule has 0 aromatic heterocycles. The van der Waals surface area contributed by atoms with Crippen molar-refractivity contribution in [2.45, 2.75) is 28.7 Å². The summed E-state index contributed by atoms with van der Waals surface area (Å²) < 4.78 is 11.1. The number of hydrogen-bond acceptors (Lipinski definition) is 7. The predicted molar refractivity (Wildman–Crippen MR) is 91.8 cm³/mol. The highest BCUT2D eigenvalue weighted by Crippen LogP contribution is 2.43. The molecule has 4 rings (SSSR count). The van der Waals surface area contributed by atoms with E-state index in [4.69, 9.17) is 9.47 Å². The van der Waals surface area contributed by atoms with E-state index >= 15 is 0 Å². The minimum Gasteiger partial charge on any atom is -0.505 e. The predicted octanol–water partition coefficient (Wildman–Crippen LogP) is 4.29. The van der Waals surface area contributed by atoms with E-state index in [2.05, 4.69) is 10.5 Å². The lowest BCUT2D eigenvalue weighted by molar-refractivity contribution is 0.171. The molecule has 1 saturated carbocycles. The van der Waals surface area contributed by atoms with Gasteiger partial charge in [0.2, 0.25) is 0 Å². The molecule has 0 unspecified atom stereocenters. The van der Waals surface area contributed by atoms with Crippen molar-refractivity contribution in [2.24, 2.45) is 5.18 Å². The SMILES string of the molecule is O=Nc1c(O)cc(Sc2ccc3c(c2)OCCO3)cc1NC1CC1. The number of benzene rings is 2. The van der Waals surface area contributed by atoms with Crippen LogP contribution in [0.2, 0.25) is 0 Å². The van der Waals surface area contributed by atoms with Gasteiger partial charge < -0.3 is 19.9 Å². The number of phenols is 1. The van der Waals surface area contributed by atoms with Crippen LogP contribution >= 0.6 is 11.8 Å². The molecule has 1 heterocycles. The molecule has 2 aliphatic rings. The maximum Gasteiger partial charge on any atom is 0.172 e. The highest BCUT2D eigenvalue weighted by molar-refractivity contribution is 7.99. The summed E-state index contributed by atoms with van der Waals surface area (Å²) >= 11 is 1.48. The van der Waals surface area contributed by atoms with Gasteiger partial charge in [-0.1, -0.05) is 11.8 Å². The molecular weight excluding hydrogens is 328 g/mol. The van der Waals surface area contributed by atoms with Crippen molar-refractivity contribution >= 4 is 23.1 Å². The first-order valence-corrected chi connectivity index (χ1v) is 8.59. The lowest BCUT2D eigenvalue weighted by Gasteiger charge is -2.18. The zero-order valence-electron chi connectivity index (χ0n) is 12.8. The highest BCUT2D eigenvalue weighted by atomic mass is 32.2. The van der Waals surface area contributed by atoms with E-state index in [0.29, 0.717) is 24.9 Å². The summed E-state index contributed by atoms with van der Waals surface area (Å²) in [5, 5.41) is 16.3. The average Bonchev–Trinajstić information content (AvgIpc) is 3.39. The fourth-order valence-corrected chi connectivity index (χ4v) is 3.45. The highest BCUT2D eigenvalue weighted by Gasteiger charge is 2.24. The molecule has 7 heteroatoms. The molecule has 1 aliphatic carbocycles. The third kappa shape index (κ3) is 3.12. The van der Waals surface area contributed by atoms with E-state index in [1.165, 1.54) is 11.8 Å². The van der Waals surface area contributed by atoms with Gasteiger partial charge in [-0.2, -0.15) is 0 Å². The number of fused-ring (bicyclic) bond motifs is 1. The number of nitroso groups, excluding NO2 is 1. The van der Waals surface area contributed by atoms with Gasteiger partial charge in [-0.3, -0.25) is 0 Å². The molecule has 2 N–H and O–H groups in total. The molecule has 0 saturated heterocycles. The van der Waals surface area contributed by atoms with E-state index in [1.54, 1.807) is 6.07 Å². The van der Waals surface area contributed by atoms with Crippen LogP contribution in [0.1, 0.15) is 12.8 Å². The van der Waals surface area contributed by atoms with E-state index < -0.39 is 0 Å². The minimum atomic E-state index is -0.115. The monoisotopic (exact) mass is 344 g/mol. The maximum atomic E-state index is 11.0. The number of hydrogen-bond donors (Lipinski definition) is 2. The molecule has 2 aromatic rings. The van der Waals surface area contributed by atoms with Gasteiger partial charge in [-0.15, -0.1) is 4.91 Å². The third-order valence-electron chi connectivity index (χ3n) is 3.84. The number of aromatic hydroxyl groups is 1. The van der Waals surface area contributed by atoms with Gasteiger partial charge >= 0.3 is 0 Å². The molecule has 0 bridgehead atoms. The molecule has 2 aromatic carbocycles. The number of nitrogens with zero attached hydrogens (tertiary/aromatic N) is 1. The van der Waals surface area contributed by atoms with Gasteiger partial charge in [0.15, 0.2) is 17.2 Å². The van der Waals surface area contributed by atoms with Crippen LogP contribution in [0.25, 0.3) is 0 Å². The quantitative estimate of drug-likeness (QED) is 0.788. The van der Waals surface area contributed by atoms with Crippen molar-refractivity contribution in [2.75, 3.05) is 18.5 Å². The van der Waals surface area contributed by atoms with Gasteiger partial charge in [0.25, 0.3) is 0 Å². The molecule has 0 spiro atoms. The van der Waals surface area contributed by atoms with Crippen LogP contribution in [0.4, 0.5) is 11.4 Å². The fraction of sp³-hybridized carbons (Fsp3) is 0.294. The second-order valence-corrected chi connectivity index (χ2v) is 6.90. The Morgan fingerprint density at radius 3 is 2.62 bits per heavy atom. The average molecular weight is 344 g/mol. The van der Waals surface area contributed by atoms with E-state index in [9.17, 15) is 10.0 Å². The van der Waals surface area contributed by atoms with E-state index in [1.807, 2.05) is 24.3 Å². The van der Waals surface area contributed by atoms with Gasteiger partial charge in [0, 0.05) is 15.8 Å². The first-order valence-electron chi connectivity index (χ1n) is 7.77. The summed E-state index contributed by atoms with van der Waals surface area (Å²) in [5.74, 6) is 1.35. The lowest BCUT2D eigenvalue weighted by atomic mass is 10.2. The fourth-order valence-electron chi connectivity index (χ4n) is 2.53. The summed E-state index contributed by atoms with van der Waals surface area (Å²) in [7, 11) is 0.